The molecule has 2 unspecified atom stereocenters. The summed E-state index contributed by atoms with van der Waals surface area (Å²) in [7, 11) is 0. The zero-order valence-corrected chi connectivity index (χ0v) is 12.0. The second-order valence-corrected chi connectivity index (χ2v) is 6.35. The zero-order chi connectivity index (χ0) is 11.7. The highest BCUT2D eigenvalue weighted by molar-refractivity contribution is 14.1. The van der Waals surface area contributed by atoms with Gasteiger partial charge in [-0.2, -0.15) is 11.8 Å². The van der Waals surface area contributed by atoms with Gasteiger partial charge in [-0.05, 0) is 47.8 Å². The standard InChI is InChI=1S/C11H14INO2S/c1-16-10-4-2-3-8(10)13-6-7(12)5-9(13)11(14)15/h5-6,8,10H,2-4H2,1H3,(H,14,15). The molecule has 0 aromatic carbocycles. The van der Waals surface area contributed by atoms with Gasteiger partial charge in [0.05, 0.1) is 0 Å². The Morgan fingerprint density at radius 1 is 1.62 bits per heavy atom. The van der Waals surface area contributed by atoms with Crippen molar-refractivity contribution in [3.05, 3.63) is 21.5 Å². The van der Waals surface area contributed by atoms with E-state index in [-0.39, 0.29) is 0 Å². The maximum absolute atomic E-state index is 11.2. The van der Waals surface area contributed by atoms with Crippen LogP contribution in [0, 0.1) is 3.57 Å². The first-order valence-corrected chi connectivity index (χ1v) is 7.63. The highest BCUT2D eigenvalue weighted by Gasteiger charge is 2.30. The van der Waals surface area contributed by atoms with Crippen LogP contribution in [0.4, 0.5) is 0 Å². The first-order chi connectivity index (χ1) is 7.63. The maximum Gasteiger partial charge on any atom is 0.352 e. The number of hydrogen-bond donors (Lipinski definition) is 1. The summed E-state index contributed by atoms with van der Waals surface area (Å²) in [6, 6.07) is 2.10. The Kier molecular flexibility index (Phi) is 3.84. The lowest BCUT2D eigenvalue weighted by Gasteiger charge is -2.21. The topological polar surface area (TPSA) is 42.2 Å². The first kappa shape index (κ1) is 12.3. The third-order valence-corrected chi connectivity index (χ3v) is 4.86. The highest BCUT2D eigenvalue weighted by Crippen LogP contribution is 2.38. The van der Waals surface area contributed by atoms with Crippen LogP contribution >= 0.6 is 34.4 Å². The van der Waals surface area contributed by atoms with Crippen molar-refractivity contribution in [1.82, 2.24) is 4.57 Å². The second-order valence-electron chi connectivity index (χ2n) is 4.03. The van der Waals surface area contributed by atoms with Crippen LogP contribution in [0.15, 0.2) is 12.3 Å². The normalized spacial score (nSPS) is 24.9. The summed E-state index contributed by atoms with van der Waals surface area (Å²) in [6.07, 6.45) is 7.56. The third kappa shape index (κ3) is 2.25. The minimum absolute atomic E-state index is 0.351. The SMILES string of the molecule is CSC1CCCC1n1cc(I)cc1C(=O)O. The van der Waals surface area contributed by atoms with E-state index >= 15 is 0 Å². The maximum atomic E-state index is 11.2. The summed E-state index contributed by atoms with van der Waals surface area (Å²) in [4.78, 5) is 11.2. The summed E-state index contributed by atoms with van der Waals surface area (Å²) in [5, 5.41) is 9.72. The molecule has 3 nitrogen and oxygen atoms in total. The van der Waals surface area contributed by atoms with Gasteiger partial charge in [-0.3, -0.25) is 0 Å². The number of hydrogen-bond acceptors (Lipinski definition) is 2. The van der Waals surface area contributed by atoms with E-state index in [0.717, 1.165) is 9.99 Å². The molecule has 0 saturated heterocycles. The molecule has 1 heterocycles. The second kappa shape index (κ2) is 5.00. The van der Waals surface area contributed by atoms with Gasteiger partial charge >= 0.3 is 5.97 Å². The predicted molar refractivity (Wildman–Crippen MR) is 74.3 cm³/mol. The van der Waals surface area contributed by atoms with Crippen molar-refractivity contribution in [3.8, 4) is 0 Å². The Morgan fingerprint density at radius 3 is 3.00 bits per heavy atom. The first-order valence-electron chi connectivity index (χ1n) is 5.27. The molecule has 1 aromatic heterocycles. The van der Waals surface area contributed by atoms with Gasteiger partial charge in [0.25, 0.3) is 0 Å². The molecule has 16 heavy (non-hydrogen) atoms. The molecule has 88 valence electrons. The molecule has 0 radical (unpaired) electrons. The van der Waals surface area contributed by atoms with E-state index in [0.29, 0.717) is 17.0 Å². The minimum atomic E-state index is -0.824. The van der Waals surface area contributed by atoms with Crippen LogP contribution in [-0.4, -0.2) is 27.1 Å². The van der Waals surface area contributed by atoms with E-state index in [1.165, 1.54) is 12.8 Å². The number of thioether (sulfide) groups is 1. The number of nitrogens with zero attached hydrogens (tertiary/aromatic N) is 1. The molecule has 0 spiro atoms. The van der Waals surface area contributed by atoms with Crippen LogP contribution in [0.1, 0.15) is 35.8 Å². The Hall–Kier alpha value is -0.170. The van der Waals surface area contributed by atoms with Crippen LogP contribution in [-0.2, 0) is 0 Å². The quantitative estimate of drug-likeness (QED) is 0.851. The number of halogens is 1. The van der Waals surface area contributed by atoms with E-state index in [4.69, 9.17) is 5.11 Å². The summed E-state index contributed by atoms with van der Waals surface area (Å²) in [5.41, 5.74) is 0.426. The number of carboxylic acids is 1. The Balaban J connectivity index is 2.35. The fraction of sp³-hybridized carbons (Fsp3) is 0.545. The average Bonchev–Trinajstić information content (AvgIpc) is 2.82. The smallest absolute Gasteiger partial charge is 0.352 e. The summed E-state index contributed by atoms with van der Waals surface area (Å²) in [5.74, 6) is -0.824. The number of aromatic nitrogens is 1. The largest absolute Gasteiger partial charge is 0.477 e. The molecule has 1 saturated carbocycles. The average molecular weight is 351 g/mol. The van der Waals surface area contributed by atoms with Crippen molar-refractivity contribution >= 4 is 40.3 Å². The van der Waals surface area contributed by atoms with Gasteiger partial charge in [-0.15, -0.1) is 0 Å². The van der Waals surface area contributed by atoms with Crippen molar-refractivity contribution in [2.24, 2.45) is 0 Å². The molecule has 1 aromatic rings. The van der Waals surface area contributed by atoms with Crippen LogP contribution < -0.4 is 0 Å². The fourth-order valence-corrected chi connectivity index (χ4v) is 3.97. The molecular weight excluding hydrogens is 337 g/mol. The van der Waals surface area contributed by atoms with Crippen molar-refractivity contribution in [2.45, 2.75) is 30.6 Å². The molecule has 1 aliphatic rings. The molecule has 5 heteroatoms. The van der Waals surface area contributed by atoms with E-state index in [1.54, 1.807) is 6.07 Å². The highest BCUT2D eigenvalue weighted by atomic mass is 127. The lowest BCUT2D eigenvalue weighted by Crippen LogP contribution is -2.19. The van der Waals surface area contributed by atoms with E-state index in [2.05, 4.69) is 28.8 Å². The van der Waals surface area contributed by atoms with Gasteiger partial charge in [0.2, 0.25) is 0 Å². The number of carboxylic acid groups (broad SMARTS) is 1. The Morgan fingerprint density at radius 2 is 2.38 bits per heavy atom. The van der Waals surface area contributed by atoms with Crippen LogP contribution in [0.2, 0.25) is 0 Å². The van der Waals surface area contributed by atoms with Gasteiger partial charge in [0, 0.05) is 21.1 Å². The van der Waals surface area contributed by atoms with Gasteiger partial charge in [0.1, 0.15) is 5.69 Å². The molecule has 2 atom stereocenters. The molecule has 1 fully saturated rings. The fourth-order valence-electron chi connectivity index (χ4n) is 2.39. The van der Waals surface area contributed by atoms with Gasteiger partial charge in [-0.1, -0.05) is 6.42 Å². The van der Waals surface area contributed by atoms with E-state index in [9.17, 15) is 4.79 Å². The summed E-state index contributed by atoms with van der Waals surface area (Å²) < 4.78 is 2.96. The summed E-state index contributed by atoms with van der Waals surface area (Å²) >= 11 is 4.02. The lowest BCUT2D eigenvalue weighted by molar-refractivity contribution is 0.0683. The van der Waals surface area contributed by atoms with Crippen molar-refractivity contribution in [3.63, 3.8) is 0 Å². The number of rotatable bonds is 3. The Labute approximate surface area is 113 Å². The lowest BCUT2D eigenvalue weighted by atomic mass is 10.2. The van der Waals surface area contributed by atoms with Crippen LogP contribution in [0.5, 0.6) is 0 Å². The van der Waals surface area contributed by atoms with Crippen LogP contribution in [0.3, 0.4) is 0 Å². The van der Waals surface area contributed by atoms with E-state index in [1.807, 2.05) is 22.5 Å². The number of aromatic carboxylic acids is 1. The number of carbonyl (C=O) groups is 1. The Bertz CT molecular complexity index is 405. The third-order valence-electron chi connectivity index (χ3n) is 3.11. The van der Waals surface area contributed by atoms with Crippen molar-refractivity contribution < 1.29 is 9.90 Å². The van der Waals surface area contributed by atoms with Gasteiger partial charge < -0.3 is 9.67 Å². The van der Waals surface area contributed by atoms with Gasteiger partial charge in [0.15, 0.2) is 0 Å². The van der Waals surface area contributed by atoms with E-state index < -0.39 is 5.97 Å². The summed E-state index contributed by atoms with van der Waals surface area (Å²) in [6.45, 7) is 0. The van der Waals surface area contributed by atoms with Crippen molar-refractivity contribution in [2.75, 3.05) is 6.26 Å². The molecule has 1 N–H and O–H groups in total. The van der Waals surface area contributed by atoms with Crippen LogP contribution in [0.25, 0.3) is 0 Å². The molecule has 0 amide bonds. The molecular formula is C11H14INO2S. The minimum Gasteiger partial charge on any atom is -0.477 e. The molecule has 2 rings (SSSR count). The van der Waals surface area contributed by atoms with Gasteiger partial charge in [-0.25, -0.2) is 4.79 Å². The molecule has 0 bridgehead atoms. The molecule has 0 aliphatic heterocycles. The molecule has 1 aliphatic carbocycles. The predicted octanol–water partition coefficient (Wildman–Crippen LogP) is 3.25. The van der Waals surface area contributed by atoms with Crippen molar-refractivity contribution in [1.29, 1.82) is 0 Å². The monoisotopic (exact) mass is 351 g/mol. The zero-order valence-electron chi connectivity index (χ0n) is 9.02.